The summed E-state index contributed by atoms with van der Waals surface area (Å²) in [6, 6.07) is 13.1. The first kappa shape index (κ1) is 23.4. The van der Waals surface area contributed by atoms with Crippen LogP contribution in [-0.4, -0.2) is 43.9 Å². The van der Waals surface area contributed by atoms with Gasteiger partial charge < -0.3 is 14.0 Å². The highest BCUT2D eigenvalue weighted by Gasteiger charge is 2.29. The lowest BCUT2D eigenvalue weighted by Crippen LogP contribution is -2.50. The van der Waals surface area contributed by atoms with Gasteiger partial charge in [-0.1, -0.05) is 52.0 Å². The van der Waals surface area contributed by atoms with Gasteiger partial charge in [0, 0.05) is 0 Å². The molecule has 1 heterocycles. The van der Waals surface area contributed by atoms with Crippen LogP contribution in [0, 0.1) is 13.8 Å². The van der Waals surface area contributed by atoms with Gasteiger partial charge in [0.25, 0.3) is 0 Å². The lowest BCUT2D eigenvalue weighted by Gasteiger charge is -2.34. The van der Waals surface area contributed by atoms with E-state index in [-0.39, 0.29) is 0 Å². The summed E-state index contributed by atoms with van der Waals surface area (Å²) in [5, 5.41) is 0. The van der Waals surface area contributed by atoms with Crippen LogP contribution in [0.5, 0.6) is 11.5 Å². The van der Waals surface area contributed by atoms with Crippen molar-refractivity contribution in [3.05, 3.63) is 70.8 Å². The van der Waals surface area contributed by atoms with E-state index in [1.54, 1.807) is 0 Å². The summed E-state index contributed by atoms with van der Waals surface area (Å²) in [7, 11) is 0. The molecule has 0 radical (unpaired) electrons. The summed E-state index contributed by atoms with van der Waals surface area (Å²) < 4.78 is 13.6. The van der Waals surface area contributed by atoms with E-state index < -0.39 is 0 Å². The molecule has 0 amide bonds. The van der Waals surface area contributed by atoms with Gasteiger partial charge >= 0.3 is 0 Å². The predicted molar refractivity (Wildman–Crippen MR) is 130 cm³/mol. The molecule has 0 fully saturated rings. The van der Waals surface area contributed by atoms with E-state index in [9.17, 15) is 0 Å². The minimum Gasteiger partial charge on any atom is -0.487 e. The maximum Gasteiger partial charge on any atom is 0.137 e. The van der Waals surface area contributed by atoms with Crippen LogP contribution in [0.4, 0.5) is 0 Å². The largest absolute Gasteiger partial charge is 0.487 e. The Morgan fingerprint density at radius 2 is 1.13 bits per heavy atom. The number of nitrogens with zero attached hydrogens (tertiary/aromatic N) is 1. The van der Waals surface area contributed by atoms with Gasteiger partial charge in [-0.3, -0.25) is 0 Å². The predicted octanol–water partition coefficient (Wildman–Crippen LogP) is 6.39. The van der Waals surface area contributed by atoms with E-state index in [1.165, 1.54) is 22.3 Å². The maximum absolute atomic E-state index is 6.31. The Bertz CT molecular complexity index is 824. The third-order valence-electron chi connectivity index (χ3n) is 6.38. The molecule has 2 aromatic carbocycles. The minimum atomic E-state index is 0.463. The van der Waals surface area contributed by atoms with Crippen molar-refractivity contribution in [2.75, 3.05) is 39.4 Å². The van der Waals surface area contributed by atoms with E-state index in [4.69, 9.17) is 9.47 Å². The second-order valence-electron chi connectivity index (χ2n) is 9.71. The molecule has 0 spiro atoms. The van der Waals surface area contributed by atoms with Gasteiger partial charge in [-0.25, -0.2) is 0 Å². The standard InChI is InChI=1S/C28H40NO2/c1-21(2)25-11-9-23(5)19-27(25)30-17-15-29(13-7-8-14-29)16-18-31-28-20-24(6)10-12-26(28)22(3)4/h7-12,19-22H,13-18H2,1-6H3/q+1. The lowest BCUT2D eigenvalue weighted by atomic mass is 10.0. The molecule has 0 atom stereocenters. The molecule has 0 bridgehead atoms. The molecule has 1 aliphatic heterocycles. The molecule has 0 unspecified atom stereocenters. The average molecular weight is 423 g/mol. The molecule has 0 saturated heterocycles. The van der Waals surface area contributed by atoms with E-state index in [0.717, 1.165) is 55.4 Å². The smallest absolute Gasteiger partial charge is 0.137 e. The number of aryl methyl sites for hydroxylation is 2. The fourth-order valence-electron chi connectivity index (χ4n) is 4.33. The molecule has 0 N–H and O–H groups in total. The molecule has 168 valence electrons. The molecule has 3 nitrogen and oxygen atoms in total. The molecular weight excluding hydrogens is 382 g/mol. The van der Waals surface area contributed by atoms with Gasteiger partial charge in [0.1, 0.15) is 37.8 Å². The summed E-state index contributed by atoms with van der Waals surface area (Å²) in [6.07, 6.45) is 4.61. The number of hydrogen-bond donors (Lipinski definition) is 0. The Morgan fingerprint density at radius 3 is 1.52 bits per heavy atom. The van der Waals surface area contributed by atoms with Crippen molar-refractivity contribution in [1.82, 2.24) is 0 Å². The zero-order valence-corrected chi connectivity index (χ0v) is 20.3. The van der Waals surface area contributed by atoms with E-state index in [1.807, 2.05) is 0 Å². The third-order valence-corrected chi connectivity index (χ3v) is 6.38. The van der Waals surface area contributed by atoms with Crippen molar-refractivity contribution in [2.24, 2.45) is 0 Å². The number of benzene rings is 2. The minimum absolute atomic E-state index is 0.463. The molecule has 0 aliphatic carbocycles. The van der Waals surface area contributed by atoms with Crippen molar-refractivity contribution in [1.29, 1.82) is 0 Å². The van der Waals surface area contributed by atoms with Crippen molar-refractivity contribution in [3.63, 3.8) is 0 Å². The third kappa shape index (κ3) is 6.13. The van der Waals surface area contributed by atoms with Crippen LogP contribution < -0.4 is 9.47 Å². The van der Waals surface area contributed by atoms with E-state index in [0.29, 0.717) is 11.8 Å². The highest BCUT2D eigenvalue weighted by Crippen LogP contribution is 2.29. The van der Waals surface area contributed by atoms with E-state index in [2.05, 4.69) is 90.1 Å². The fraction of sp³-hybridized carbons (Fsp3) is 0.500. The normalized spacial score (nSPS) is 15.1. The summed E-state index contributed by atoms with van der Waals surface area (Å²) in [4.78, 5) is 0. The molecule has 1 aliphatic rings. The fourth-order valence-corrected chi connectivity index (χ4v) is 4.33. The molecule has 3 rings (SSSR count). The monoisotopic (exact) mass is 422 g/mol. The summed E-state index contributed by atoms with van der Waals surface area (Å²) in [5.74, 6) is 3.01. The highest BCUT2D eigenvalue weighted by molar-refractivity contribution is 5.39. The average Bonchev–Trinajstić information content (AvgIpc) is 3.16. The van der Waals surface area contributed by atoms with Crippen LogP contribution in [0.3, 0.4) is 0 Å². The second kappa shape index (κ2) is 10.4. The Labute approximate surface area is 189 Å². The second-order valence-corrected chi connectivity index (χ2v) is 9.71. The summed E-state index contributed by atoms with van der Waals surface area (Å²) in [6.45, 7) is 18.7. The van der Waals surface area contributed by atoms with Crippen LogP contribution in [0.15, 0.2) is 48.6 Å². The lowest BCUT2D eigenvalue weighted by molar-refractivity contribution is -0.912. The maximum atomic E-state index is 6.31. The van der Waals surface area contributed by atoms with Gasteiger partial charge in [0.2, 0.25) is 0 Å². The van der Waals surface area contributed by atoms with Gasteiger partial charge in [0.05, 0.1) is 13.1 Å². The van der Waals surface area contributed by atoms with Crippen LogP contribution in [0.25, 0.3) is 0 Å². The SMILES string of the molecule is Cc1ccc(C(C)C)c(OCC[N+]2(CCOc3cc(C)ccc3C(C)C)CC=CC2)c1. The van der Waals surface area contributed by atoms with Gasteiger partial charge in [-0.2, -0.15) is 0 Å². The zero-order valence-electron chi connectivity index (χ0n) is 20.3. The van der Waals surface area contributed by atoms with Gasteiger partial charge in [-0.15, -0.1) is 0 Å². The first-order valence-electron chi connectivity index (χ1n) is 11.8. The molecule has 0 aromatic heterocycles. The van der Waals surface area contributed by atoms with Crippen LogP contribution in [0.1, 0.15) is 61.8 Å². The molecule has 31 heavy (non-hydrogen) atoms. The Morgan fingerprint density at radius 1 is 0.710 bits per heavy atom. The van der Waals surface area contributed by atoms with Crippen LogP contribution >= 0.6 is 0 Å². The Balaban J connectivity index is 1.60. The summed E-state index contributed by atoms with van der Waals surface area (Å²) in [5.41, 5.74) is 5.08. The quantitative estimate of drug-likeness (QED) is 0.326. The molecule has 2 aromatic rings. The number of hydrogen-bond acceptors (Lipinski definition) is 2. The Hall–Kier alpha value is -2.26. The number of ether oxygens (including phenoxy) is 2. The van der Waals surface area contributed by atoms with Crippen LogP contribution in [-0.2, 0) is 0 Å². The number of rotatable bonds is 10. The topological polar surface area (TPSA) is 18.5 Å². The molecule has 3 heteroatoms. The molecular formula is C28H40NO2+. The van der Waals surface area contributed by atoms with Crippen LogP contribution in [0.2, 0.25) is 0 Å². The van der Waals surface area contributed by atoms with Crippen molar-refractivity contribution < 1.29 is 14.0 Å². The first-order chi connectivity index (χ1) is 14.8. The van der Waals surface area contributed by atoms with Crippen molar-refractivity contribution in [2.45, 2.75) is 53.4 Å². The van der Waals surface area contributed by atoms with Crippen molar-refractivity contribution >= 4 is 0 Å². The zero-order chi connectivity index (χ0) is 22.4. The number of quaternary nitrogens is 1. The highest BCUT2D eigenvalue weighted by atomic mass is 16.5. The summed E-state index contributed by atoms with van der Waals surface area (Å²) >= 11 is 0. The van der Waals surface area contributed by atoms with Gasteiger partial charge in [-0.05, 0) is 72.2 Å². The van der Waals surface area contributed by atoms with Crippen molar-refractivity contribution in [3.8, 4) is 11.5 Å². The molecule has 0 saturated carbocycles. The Kier molecular flexibility index (Phi) is 7.83. The van der Waals surface area contributed by atoms with E-state index >= 15 is 0 Å². The first-order valence-corrected chi connectivity index (χ1v) is 11.8. The van der Waals surface area contributed by atoms with Gasteiger partial charge in [0.15, 0.2) is 0 Å².